The predicted octanol–water partition coefficient (Wildman–Crippen LogP) is 5.48. The SMILES string of the molecule is O=C(Nc1nc(CSc2ccccc2)cs1)c1c(F)cccc1Cl. The smallest absolute Gasteiger partial charge is 0.261 e. The molecule has 3 aromatic rings. The molecule has 24 heavy (non-hydrogen) atoms. The average molecular weight is 379 g/mol. The van der Waals surface area contributed by atoms with Crippen molar-refractivity contribution in [1.82, 2.24) is 4.98 Å². The first kappa shape index (κ1) is 17.0. The molecule has 1 aromatic heterocycles. The molecule has 3 nitrogen and oxygen atoms in total. The van der Waals surface area contributed by atoms with Crippen LogP contribution in [0, 0.1) is 5.82 Å². The molecule has 0 saturated heterocycles. The van der Waals surface area contributed by atoms with E-state index in [1.54, 1.807) is 11.8 Å². The number of nitrogens with one attached hydrogen (secondary N) is 1. The molecule has 0 aliphatic carbocycles. The van der Waals surface area contributed by atoms with Crippen LogP contribution in [-0.2, 0) is 5.75 Å². The maximum atomic E-state index is 13.8. The van der Waals surface area contributed by atoms with Crippen LogP contribution < -0.4 is 5.32 Å². The van der Waals surface area contributed by atoms with Gasteiger partial charge in [0, 0.05) is 16.0 Å². The fourth-order valence-corrected chi connectivity index (χ4v) is 3.85. The van der Waals surface area contributed by atoms with Gasteiger partial charge in [-0.2, -0.15) is 0 Å². The highest BCUT2D eigenvalue weighted by Gasteiger charge is 2.17. The predicted molar refractivity (Wildman–Crippen MR) is 97.5 cm³/mol. The van der Waals surface area contributed by atoms with Crippen molar-refractivity contribution in [3.8, 4) is 0 Å². The van der Waals surface area contributed by atoms with Gasteiger partial charge in [-0.3, -0.25) is 10.1 Å². The van der Waals surface area contributed by atoms with Crippen LogP contribution in [0.2, 0.25) is 5.02 Å². The standard InChI is InChI=1S/C17H12ClFN2OS2/c18-13-7-4-8-14(19)15(13)16(22)21-17-20-11(10-24-17)9-23-12-5-2-1-3-6-12/h1-8,10H,9H2,(H,20,21,22). The number of benzene rings is 2. The largest absolute Gasteiger partial charge is 0.298 e. The van der Waals surface area contributed by atoms with E-state index < -0.39 is 11.7 Å². The molecule has 0 fully saturated rings. The van der Waals surface area contributed by atoms with Gasteiger partial charge in [0.25, 0.3) is 5.91 Å². The van der Waals surface area contributed by atoms with Crippen LogP contribution in [0.15, 0.2) is 58.8 Å². The van der Waals surface area contributed by atoms with Crippen LogP contribution in [-0.4, -0.2) is 10.9 Å². The van der Waals surface area contributed by atoms with Gasteiger partial charge in [-0.05, 0) is 24.3 Å². The zero-order valence-electron chi connectivity index (χ0n) is 12.3. The minimum Gasteiger partial charge on any atom is -0.298 e. The zero-order valence-corrected chi connectivity index (χ0v) is 14.7. The maximum absolute atomic E-state index is 13.8. The zero-order chi connectivity index (χ0) is 16.9. The summed E-state index contributed by atoms with van der Waals surface area (Å²) in [4.78, 5) is 17.7. The van der Waals surface area contributed by atoms with Gasteiger partial charge < -0.3 is 0 Å². The number of halogens is 2. The highest BCUT2D eigenvalue weighted by atomic mass is 35.5. The number of thiazole rings is 1. The molecule has 2 aromatic carbocycles. The summed E-state index contributed by atoms with van der Waals surface area (Å²) in [5.41, 5.74) is 0.679. The third kappa shape index (κ3) is 4.14. The Bertz CT molecular complexity index is 835. The first-order valence-electron chi connectivity index (χ1n) is 7.01. The molecular weight excluding hydrogens is 367 g/mol. The van der Waals surface area contributed by atoms with Crippen molar-refractivity contribution >= 4 is 45.7 Å². The van der Waals surface area contributed by atoms with Crippen molar-refractivity contribution in [2.75, 3.05) is 5.32 Å². The number of hydrogen-bond acceptors (Lipinski definition) is 4. The normalized spacial score (nSPS) is 10.6. The first-order chi connectivity index (χ1) is 11.6. The Hall–Kier alpha value is -1.89. The van der Waals surface area contributed by atoms with Gasteiger partial charge in [-0.1, -0.05) is 35.9 Å². The van der Waals surface area contributed by atoms with Crippen molar-refractivity contribution in [1.29, 1.82) is 0 Å². The Kier molecular flexibility index (Phi) is 5.50. The third-order valence-corrected chi connectivity index (χ3v) is 5.26. The van der Waals surface area contributed by atoms with Crippen molar-refractivity contribution in [2.24, 2.45) is 0 Å². The summed E-state index contributed by atoms with van der Waals surface area (Å²) < 4.78 is 13.8. The number of rotatable bonds is 5. The molecule has 1 N–H and O–H groups in total. The number of thioether (sulfide) groups is 1. The first-order valence-corrected chi connectivity index (χ1v) is 9.25. The molecule has 0 radical (unpaired) electrons. The lowest BCUT2D eigenvalue weighted by atomic mass is 10.2. The molecule has 1 amide bonds. The maximum Gasteiger partial charge on any atom is 0.261 e. The topological polar surface area (TPSA) is 42.0 Å². The molecule has 0 saturated carbocycles. The van der Waals surface area contributed by atoms with E-state index in [1.165, 1.54) is 29.5 Å². The van der Waals surface area contributed by atoms with Crippen LogP contribution >= 0.6 is 34.7 Å². The van der Waals surface area contributed by atoms with E-state index in [0.29, 0.717) is 10.9 Å². The molecular formula is C17H12ClFN2OS2. The molecule has 0 aliphatic heterocycles. The van der Waals surface area contributed by atoms with Crippen LogP contribution in [0.1, 0.15) is 16.1 Å². The molecule has 0 aliphatic rings. The number of anilines is 1. The summed E-state index contributed by atoms with van der Waals surface area (Å²) in [5, 5.41) is 4.96. The number of aromatic nitrogens is 1. The number of carbonyl (C=O) groups excluding carboxylic acids is 1. The lowest BCUT2D eigenvalue weighted by Gasteiger charge is -2.05. The molecule has 0 unspecified atom stereocenters. The Morgan fingerprint density at radius 2 is 2.00 bits per heavy atom. The molecule has 122 valence electrons. The summed E-state index contributed by atoms with van der Waals surface area (Å²) in [6.45, 7) is 0. The molecule has 1 heterocycles. The average Bonchev–Trinajstić information content (AvgIpc) is 3.01. The Labute approximate surface area is 151 Å². The van der Waals surface area contributed by atoms with Crippen LogP contribution in [0.4, 0.5) is 9.52 Å². The van der Waals surface area contributed by atoms with Gasteiger partial charge in [0.2, 0.25) is 0 Å². The van der Waals surface area contributed by atoms with E-state index in [4.69, 9.17) is 11.6 Å². The van der Waals surface area contributed by atoms with Crippen molar-refractivity contribution < 1.29 is 9.18 Å². The fourth-order valence-electron chi connectivity index (χ4n) is 1.98. The highest BCUT2D eigenvalue weighted by molar-refractivity contribution is 7.98. The van der Waals surface area contributed by atoms with Crippen molar-refractivity contribution in [3.05, 3.63) is 76.0 Å². The van der Waals surface area contributed by atoms with E-state index >= 15 is 0 Å². The van der Waals surface area contributed by atoms with E-state index in [0.717, 1.165) is 10.6 Å². The monoisotopic (exact) mass is 378 g/mol. The summed E-state index contributed by atoms with van der Waals surface area (Å²) in [7, 11) is 0. The minimum absolute atomic E-state index is 0.0731. The van der Waals surface area contributed by atoms with Crippen LogP contribution in [0.3, 0.4) is 0 Å². The fraction of sp³-hybridized carbons (Fsp3) is 0.0588. The lowest BCUT2D eigenvalue weighted by molar-refractivity contribution is 0.102. The summed E-state index contributed by atoms with van der Waals surface area (Å²) in [6.07, 6.45) is 0. The Morgan fingerprint density at radius 3 is 2.75 bits per heavy atom. The van der Waals surface area contributed by atoms with E-state index in [2.05, 4.69) is 10.3 Å². The summed E-state index contributed by atoms with van der Waals surface area (Å²) in [6, 6.07) is 14.1. The molecule has 0 spiro atoms. The van der Waals surface area contributed by atoms with E-state index in [9.17, 15) is 9.18 Å². The van der Waals surface area contributed by atoms with Gasteiger partial charge >= 0.3 is 0 Å². The Morgan fingerprint density at radius 1 is 1.21 bits per heavy atom. The van der Waals surface area contributed by atoms with Gasteiger partial charge in [0.05, 0.1) is 16.3 Å². The number of amides is 1. The second-order valence-electron chi connectivity index (χ2n) is 4.80. The van der Waals surface area contributed by atoms with Crippen molar-refractivity contribution in [3.63, 3.8) is 0 Å². The molecule has 0 atom stereocenters. The van der Waals surface area contributed by atoms with Crippen LogP contribution in [0.5, 0.6) is 0 Å². The van der Waals surface area contributed by atoms with Gasteiger partial charge in [0.1, 0.15) is 5.82 Å². The van der Waals surface area contributed by atoms with Crippen molar-refractivity contribution in [2.45, 2.75) is 10.6 Å². The molecule has 7 heteroatoms. The second kappa shape index (κ2) is 7.79. The number of carbonyl (C=O) groups is 1. The van der Waals surface area contributed by atoms with Gasteiger partial charge in [-0.15, -0.1) is 23.1 Å². The summed E-state index contributed by atoms with van der Waals surface area (Å²) >= 11 is 8.85. The molecule has 3 rings (SSSR count). The van der Waals surface area contributed by atoms with Gasteiger partial charge in [0.15, 0.2) is 5.13 Å². The number of hydrogen-bond donors (Lipinski definition) is 1. The quantitative estimate of drug-likeness (QED) is 0.597. The van der Waals surface area contributed by atoms with Gasteiger partial charge in [-0.25, -0.2) is 9.37 Å². The van der Waals surface area contributed by atoms with E-state index in [-0.39, 0.29) is 10.6 Å². The molecule has 0 bridgehead atoms. The number of nitrogens with zero attached hydrogens (tertiary/aromatic N) is 1. The highest BCUT2D eigenvalue weighted by Crippen LogP contribution is 2.26. The second-order valence-corrected chi connectivity index (χ2v) is 7.11. The lowest BCUT2D eigenvalue weighted by Crippen LogP contribution is -2.14. The Balaban J connectivity index is 1.64. The van der Waals surface area contributed by atoms with Crippen LogP contribution in [0.25, 0.3) is 0 Å². The minimum atomic E-state index is -0.656. The van der Waals surface area contributed by atoms with E-state index in [1.807, 2.05) is 35.7 Å². The third-order valence-electron chi connectivity index (χ3n) is 3.09. The summed E-state index contributed by atoms with van der Waals surface area (Å²) in [5.74, 6) is -0.567.